The summed E-state index contributed by atoms with van der Waals surface area (Å²) in [6.45, 7) is 0. The molecule has 1 nitrogen and oxygen atoms in total. The number of benzene rings is 2. The van der Waals surface area contributed by atoms with Crippen LogP contribution in [0.3, 0.4) is 0 Å². The topological polar surface area (TPSA) is 9.23 Å². The Kier molecular flexibility index (Phi) is 3.02. The molecule has 2 aromatic carbocycles. The van der Waals surface area contributed by atoms with Gasteiger partial charge in [0.15, 0.2) is 0 Å². The third-order valence-electron chi connectivity index (χ3n) is 12.1. The zero-order valence-corrected chi connectivity index (χ0v) is 18.9. The average molecular weight is 421 g/mol. The molecule has 4 bridgehead atoms. The molecule has 32 heavy (non-hydrogen) atoms. The van der Waals surface area contributed by atoms with Crippen LogP contribution < -0.4 is 4.74 Å². The number of rotatable bonds is 1. The molecule has 2 aromatic rings. The predicted octanol–water partition coefficient (Wildman–Crippen LogP) is 6.71. The van der Waals surface area contributed by atoms with Crippen molar-refractivity contribution in [3.05, 3.63) is 65.7 Å². The number of fused-ring (bicyclic) bond motifs is 19. The van der Waals surface area contributed by atoms with Crippen LogP contribution in [0, 0.1) is 59.2 Å². The summed E-state index contributed by atoms with van der Waals surface area (Å²) in [5.74, 6) is 11.1. The molecule has 162 valence electrons. The molecule has 0 aromatic heterocycles. The third kappa shape index (κ3) is 1.78. The van der Waals surface area contributed by atoms with Crippen molar-refractivity contribution < 1.29 is 4.74 Å². The lowest BCUT2D eigenvalue weighted by atomic mass is 9.67. The zero-order chi connectivity index (χ0) is 20.8. The third-order valence-corrected chi connectivity index (χ3v) is 12.1. The van der Waals surface area contributed by atoms with Crippen LogP contribution in [0.4, 0.5) is 0 Å². The van der Waals surface area contributed by atoms with Gasteiger partial charge in [-0.3, -0.25) is 0 Å². The maximum atomic E-state index is 5.72. The van der Waals surface area contributed by atoms with Crippen LogP contribution in [0.15, 0.2) is 54.6 Å². The Morgan fingerprint density at radius 2 is 1.44 bits per heavy atom. The summed E-state index contributed by atoms with van der Waals surface area (Å²) < 4.78 is 5.72. The SMILES string of the molecule is COc1ccc2c(c1)C1(CC3C(C1)C1CC3C3CC4C5C=CC(C5)C4C13)c1ccccc1-2. The molecule has 9 rings (SSSR count). The van der Waals surface area contributed by atoms with Gasteiger partial charge in [-0.1, -0.05) is 42.5 Å². The summed E-state index contributed by atoms with van der Waals surface area (Å²) >= 11 is 0. The molecule has 7 aliphatic rings. The minimum Gasteiger partial charge on any atom is -0.497 e. The van der Waals surface area contributed by atoms with Crippen LogP contribution in [0.25, 0.3) is 11.1 Å². The van der Waals surface area contributed by atoms with Crippen molar-refractivity contribution in [2.45, 2.75) is 37.5 Å². The highest BCUT2D eigenvalue weighted by molar-refractivity contribution is 5.82. The Morgan fingerprint density at radius 1 is 0.688 bits per heavy atom. The van der Waals surface area contributed by atoms with E-state index in [1.165, 1.54) is 30.4 Å². The summed E-state index contributed by atoms with van der Waals surface area (Å²) in [6.07, 6.45) is 12.6. The first-order valence-corrected chi connectivity index (χ1v) is 13.2. The van der Waals surface area contributed by atoms with Gasteiger partial charge in [-0.2, -0.15) is 0 Å². The first kappa shape index (κ1) is 17.5. The summed E-state index contributed by atoms with van der Waals surface area (Å²) in [7, 11) is 1.82. The molecule has 1 heteroatoms. The van der Waals surface area contributed by atoms with Crippen LogP contribution >= 0.6 is 0 Å². The smallest absolute Gasteiger partial charge is 0.119 e. The zero-order valence-electron chi connectivity index (χ0n) is 18.9. The fourth-order valence-corrected chi connectivity index (χ4v) is 11.4. The Bertz CT molecular complexity index is 1190. The predicted molar refractivity (Wildman–Crippen MR) is 126 cm³/mol. The molecular weight excluding hydrogens is 388 g/mol. The molecule has 7 aliphatic carbocycles. The van der Waals surface area contributed by atoms with Gasteiger partial charge in [0, 0.05) is 5.41 Å². The van der Waals surface area contributed by atoms with E-state index in [0.717, 1.165) is 64.9 Å². The van der Waals surface area contributed by atoms with Crippen molar-refractivity contribution in [1.82, 2.24) is 0 Å². The van der Waals surface area contributed by atoms with Gasteiger partial charge in [0.1, 0.15) is 5.75 Å². The molecule has 0 amide bonds. The van der Waals surface area contributed by atoms with Crippen LogP contribution in [-0.4, -0.2) is 7.11 Å². The second kappa shape index (κ2) is 5.54. The van der Waals surface area contributed by atoms with Gasteiger partial charge in [0.25, 0.3) is 0 Å². The summed E-state index contributed by atoms with van der Waals surface area (Å²) in [5, 5.41) is 0. The maximum absolute atomic E-state index is 5.72. The average Bonchev–Trinajstić information content (AvgIpc) is 3.64. The first-order valence-electron chi connectivity index (χ1n) is 13.2. The fraction of sp³-hybridized carbons (Fsp3) is 0.548. The molecule has 0 heterocycles. The lowest BCUT2D eigenvalue weighted by Gasteiger charge is -2.38. The molecule has 11 atom stereocenters. The van der Waals surface area contributed by atoms with Gasteiger partial charge in [0.2, 0.25) is 0 Å². The van der Waals surface area contributed by atoms with Crippen LogP contribution in [0.5, 0.6) is 5.75 Å². The monoisotopic (exact) mass is 420 g/mol. The molecule has 5 fully saturated rings. The summed E-state index contributed by atoms with van der Waals surface area (Å²) in [6, 6.07) is 16.3. The Balaban J connectivity index is 1.15. The molecule has 0 saturated heterocycles. The second-order valence-electron chi connectivity index (χ2n) is 12.5. The van der Waals surface area contributed by atoms with E-state index in [4.69, 9.17) is 4.74 Å². The van der Waals surface area contributed by atoms with Crippen molar-refractivity contribution >= 4 is 0 Å². The lowest BCUT2D eigenvalue weighted by Crippen LogP contribution is -2.33. The Hall–Kier alpha value is -2.02. The normalized spacial score (nSPS) is 49.4. The van der Waals surface area contributed by atoms with Crippen LogP contribution in [0.1, 0.15) is 43.2 Å². The van der Waals surface area contributed by atoms with E-state index in [1.54, 1.807) is 24.0 Å². The van der Waals surface area contributed by atoms with Gasteiger partial charge < -0.3 is 4.74 Å². The van der Waals surface area contributed by atoms with E-state index in [9.17, 15) is 0 Å². The Labute approximate surface area is 191 Å². The van der Waals surface area contributed by atoms with E-state index in [1.807, 2.05) is 7.11 Å². The number of ether oxygens (including phenoxy) is 1. The summed E-state index contributed by atoms with van der Waals surface area (Å²) in [4.78, 5) is 0. The van der Waals surface area contributed by atoms with Crippen molar-refractivity contribution in [2.24, 2.45) is 59.2 Å². The van der Waals surface area contributed by atoms with E-state index >= 15 is 0 Å². The van der Waals surface area contributed by atoms with E-state index < -0.39 is 0 Å². The Morgan fingerprint density at radius 3 is 2.34 bits per heavy atom. The molecule has 11 unspecified atom stereocenters. The molecule has 0 aliphatic heterocycles. The number of hydrogen-bond acceptors (Lipinski definition) is 1. The molecule has 0 radical (unpaired) electrons. The number of methoxy groups -OCH3 is 1. The summed E-state index contributed by atoms with van der Waals surface area (Å²) in [5.41, 5.74) is 6.42. The van der Waals surface area contributed by atoms with E-state index in [0.29, 0.717) is 0 Å². The largest absolute Gasteiger partial charge is 0.497 e. The van der Waals surface area contributed by atoms with Gasteiger partial charge in [0.05, 0.1) is 7.11 Å². The van der Waals surface area contributed by atoms with Gasteiger partial charge >= 0.3 is 0 Å². The van der Waals surface area contributed by atoms with Crippen molar-refractivity contribution in [3.63, 3.8) is 0 Å². The molecular formula is C31H32O. The van der Waals surface area contributed by atoms with Gasteiger partial charge in [-0.05, 0) is 126 Å². The minimum atomic E-state index is 0.235. The highest BCUT2D eigenvalue weighted by atomic mass is 16.5. The van der Waals surface area contributed by atoms with Crippen LogP contribution in [0.2, 0.25) is 0 Å². The maximum Gasteiger partial charge on any atom is 0.119 e. The first-order chi connectivity index (χ1) is 15.8. The molecule has 1 spiro atoms. The van der Waals surface area contributed by atoms with E-state index in [2.05, 4.69) is 54.6 Å². The highest BCUT2D eigenvalue weighted by Crippen LogP contribution is 2.76. The highest BCUT2D eigenvalue weighted by Gasteiger charge is 2.70. The van der Waals surface area contributed by atoms with E-state index in [-0.39, 0.29) is 5.41 Å². The van der Waals surface area contributed by atoms with Crippen LogP contribution in [-0.2, 0) is 5.41 Å². The van der Waals surface area contributed by atoms with Crippen molar-refractivity contribution in [1.29, 1.82) is 0 Å². The quantitative estimate of drug-likeness (QED) is 0.466. The van der Waals surface area contributed by atoms with Crippen molar-refractivity contribution in [2.75, 3.05) is 7.11 Å². The molecule has 0 N–H and O–H groups in total. The standard InChI is InChI=1S/C31H32O/c1-32-18-8-9-20-19-4-2-3-5-27(19)31(28(20)11-18)14-25-22-13-24(26(25)15-31)30-23(22)12-21-16-6-7-17(10-16)29(21)30/h2-9,11,16-17,21-26,29-30H,10,12-15H2,1H3. The lowest BCUT2D eigenvalue weighted by molar-refractivity contribution is 0.102. The number of hydrogen-bond donors (Lipinski definition) is 0. The van der Waals surface area contributed by atoms with Gasteiger partial charge in [-0.15, -0.1) is 0 Å². The fourth-order valence-electron chi connectivity index (χ4n) is 11.4. The van der Waals surface area contributed by atoms with Crippen molar-refractivity contribution in [3.8, 4) is 16.9 Å². The number of allylic oxidation sites excluding steroid dienone is 2. The van der Waals surface area contributed by atoms with Gasteiger partial charge in [-0.25, -0.2) is 0 Å². The molecule has 5 saturated carbocycles. The minimum absolute atomic E-state index is 0.235. The second-order valence-corrected chi connectivity index (χ2v) is 12.5.